The number of nitrogens with one attached hydrogen (secondary N) is 1. The van der Waals surface area contributed by atoms with E-state index in [9.17, 15) is 4.79 Å². The third kappa shape index (κ3) is 4.40. The first kappa shape index (κ1) is 15.7. The Morgan fingerprint density at radius 1 is 1.33 bits per heavy atom. The van der Waals surface area contributed by atoms with Gasteiger partial charge in [0.25, 0.3) is 5.56 Å². The molecule has 0 radical (unpaired) electrons. The number of hydrogen-bond acceptors (Lipinski definition) is 5. The predicted molar refractivity (Wildman–Crippen MR) is 83.2 cm³/mol. The van der Waals surface area contributed by atoms with Gasteiger partial charge in [-0.25, -0.2) is 9.67 Å². The summed E-state index contributed by atoms with van der Waals surface area (Å²) >= 11 is 3.27. The van der Waals surface area contributed by atoms with Crippen molar-refractivity contribution in [2.75, 3.05) is 18.5 Å². The van der Waals surface area contributed by atoms with Crippen molar-refractivity contribution in [3.8, 4) is 0 Å². The lowest BCUT2D eigenvalue weighted by Crippen LogP contribution is -2.26. The lowest BCUT2D eigenvalue weighted by atomic mass is 10.3. The summed E-state index contributed by atoms with van der Waals surface area (Å²) in [5.41, 5.74) is 0.435. The molecule has 0 atom stereocenters. The first-order valence-electron chi connectivity index (χ1n) is 6.78. The lowest BCUT2D eigenvalue weighted by molar-refractivity contribution is 0.266. The number of nitrogens with zero attached hydrogens (tertiary/aromatic N) is 4. The molecule has 0 aliphatic rings. The minimum absolute atomic E-state index is 0.111. The predicted octanol–water partition coefficient (Wildman–Crippen LogP) is 1.09. The summed E-state index contributed by atoms with van der Waals surface area (Å²) in [5, 5.41) is 16.0. The molecule has 0 aliphatic heterocycles. The van der Waals surface area contributed by atoms with E-state index in [0.29, 0.717) is 10.2 Å². The van der Waals surface area contributed by atoms with E-state index in [1.807, 2.05) is 10.8 Å². The minimum atomic E-state index is -0.243. The van der Waals surface area contributed by atoms with Crippen molar-refractivity contribution < 1.29 is 5.11 Å². The average molecular weight is 356 g/mol. The quantitative estimate of drug-likeness (QED) is 0.692. The van der Waals surface area contributed by atoms with Crippen molar-refractivity contribution in [1.82, 2.24) is 19.3 Å². The van der Waals surface area contributed by atoms with Crippen molar-refractivity contribution >= 4 is 21.6 Å². The smallest absolute Gasteiger partial charge is 0.283 e. The van der Waals surface area contributed by atoms with Crippen molar-refractivity contribution in [2.45, 2.75) is 25.9 Å². The second-order valence-electron chi connectivity index (χ2n) is 4.56. The second-order valence-corrected chi connectivity index (χ2v) is 5.35. The molecule has 0 saturated carbocycles. The molecule has 0 aromatic carbocycles. The number of halogens is 1. The number of aromatic nitrogens is 4. The van der Waals surface area contributed by atoms with Gasteiger partial charge in [0.2, 0.25) is 0 Å². The van der Waals surface area contributed by atoms with Crippen molar-refractivity contribution in [1.29, 1.82) is 0 Å². The number of aliphatic hydroxyl groups is 1. The summed E-state index contributed by atoms with van der Waals surface area (Å²) in [4.78, 5) is 15.9. The van der Waals surface area contributed by atoms with E-state index in [-0.39, 0.29) is 18.7 Å². The molecule has 2 aromatic heterocycles. The number of imidazole rings is 1. The molecule has 21 heavy (non-hydrogen) atoms. The van der Waals surface area contributed by atoms with Crippen LogP contribution in [-0.4, -0.2) is 37.6 Å². The minimum Gasteiger partial charge on any atom is -0.394 e. The van der Waals surface area contributed by atoms with E-state index in [1.54, 1.807) is 18.7 Å². The van der Waals surface area contributed by atoms with Crippen LogP contribution < -0.4 is 10.9 Å². The zero-order valence-electron chi connectivity index (χ0n) is 11.6. The monoisotopic (exact) mass is 355 g/mol. The summed E-state index contributed by atoms with van der Waals surface area (Å²) < 4.78 is 3.71. The first-order valence-corrected chi connectivity index (χ1v) is 7.57. The molecule has 0 bridgehead atoms. The van der Waals surface area contributed by atoms with Crippen LogP contribution >= 0.6 is 15.9 Å². The summed E-state index contributed by atoms with van der Waals surface area (Å²) in [5.74, 6) is 0. The van der Waals surface area contributed by atoms with Crippen LogP contribution in [0.5, 0.6) is 0 Å². The van der Waals surface area contributed by atoms with Gasteiger partial charge in [0, 0.05) is 25.5 Å². The molecule has 0 saturated heterocycles. The topological polar surface area (TPSA) is 85.0 Å². The molecule has 2 aromatic rings. The van der Waals surface area contributed by atoms with E-state index in [1.165, 1.54) is 4.68 Å². The molecule has 114 valence electrons. The van der Waals surface area contributed by atoms with E-state index in [4.69, 9.17) is 5.11 Å². The van der Waals surface area contributed by atoms with Gasteiger partial charge < -0.3 is 15.0 Å². The van der Waals surface area contributed by atoms with Gasteiger partial charge in [0.15, 0.2) is 0 Å². The van der Waals surface area contributed by atoms with Crippen LogP contribution in [-0.2, 0) is 13.1 Å². The van der Waals surface area contributed by atoms with Gasteiger partial charge in [-0.3, -0.25) is 4.79 Å². The fourth-order valence-electron chi connectivity index (χ4n) is 1.90. The molecule has 2 rings (SSSR count). The molecule has 7 nitrogen and oxygen atoms in total. The zero-order valence-corrected chi connectivity index (χ0v) is 13.2. The van der Waals surface area contributed by atoms with Crippen molar-refractivity contribution in [3.05, 3.63) is 39.7 Å². The van der Waals surface area contributed by atoms with Gasteiger partial charge in [-0.2, -0.15) is 5.10 Å². The molecular weight excluding hydrogens is 338 g/mol. The van der Waals surface area contributed by atoms with E-state index < -0.39 is 0 Å². The molecule has 0 unspecified atom stereocenters. The van der Waals surface area contributed by atoms with Gasteiger partial charge in [0.1, 0.15) is 4.47 Å². The van der Waals surface area contributed by atoms with Crippen molar-refractivity contribution in [3.63, 3.8) is 0 Å². The highest BCUT2D eigenvalue weighted by atomic mass is 79.9. The number of hydrogen-bond donors (Lipinski definition) is 2. The highest BCUT2D eigenvalue weighted by Gasteiger charge is 2.07. The Bertz CT molecular complexity index is 612. The average Bonchev–Trinajstić information content (AvgIpc) is 2.99. The number of aliphatic hydroxyl groups excluding tert-OH is 1. The maximum absolute atomic E-state index is 11.9. The fraction of sp³-hybridized carbons (Fsp3) is 0.462. The third-order valence-electron chi connectivity index (χ3n) is 3.01. The Kier molecular flexibility index (Phi) is 5.94. The largest absolute Gasteiger partial charge is 0.394 e. The Hall–Kier alpha value is -1.67. The van der Waals surface area contributed by atoms with Crippen LogP contribution in [0.1, 0.15) is 12.8 Å². The van der Waals surface area contributed by atoms with Crippen LogP contribution in [0.4, 0.5) is 5.69 Å². The SMILES string of the molecule is O=c1c(Br)c(NCCCCn2ccnc2)cnn1CCO. The summed E-state index contributed by atoms with van der Waals surface area (Å²) in [6.45, 7) is 1.78. The Morgan fingerprint density at radius 3 is 2.90 bits per heavy atom. The van der Waals surface area contributed by atoms with Gasteiger partial charge >= 0.3 is 0 Å². The Balaban J connectivity index is 1.80. The third-order valence-corrected chi connectivity index (χ3v) is 3.78. The highest BCUT2D eigenvalue weighted by molar-refractivity contribution is 9.10. The molecule has 2 heterocycles. The molecular formula is C13H18BrN5O2. The summed E-state index contributed by atoms with van der Waals surface area (Å²) in [7, 11) is 0. The summed E-state index contributed by atoms with van der Waals surface area (Å²) in [6.07, 6.45) is 9.10. The number of aryl methyl sites for hydroxylation is 1. The molecule has 0 amide bonds. The number of anilines is 1. The maximum Gasteiger partial charge on any atom is 0.283 e. The molecule has 8 heteroatoms. The van der Waals surface area contributed by atoms with Crippen LogP contribution in [0.2, 0.25) is 0 Å². The molecule has 0 aliphatic carbocycles. The Morgan fingerprint density at radius 2 is 2.19 bits per heavy atom. The molecule has 0 spiro atoms. The van der Waals surface area contributed by atoms with E-state index >= 15 is 0 Å². The number of unbranched alkanes of at least 4 members (excludes halogenated alkanes) is 1. The van der Waals surface area contributed by atoms with Gasteiger partial charge in [0.05, 0.1) is 31.4 Å². The van der Waals surface area contributed by atoms with E-state index in [0.717, 1.165) is 25.9 Å². The number of rotatable bonds is 8. The lowest BCUT2D eigenvalue weighted by Gasteiger charge is -2.10. The van der Waals surface area contributed by atoms with Gasteiger partial charge in [-0.15, -0.1) is 0 Å². The van der Waals surface area contributed by atoms with Crippen LogP contribution in [0.25, 0.3) is 0 Å². The van der Waals surface area contributed by atoms with E-state index in [2.05, 4.69) is 31.3 Å². The van der Waals surface area contributed by atoms with Crippen LogP contribution in [0.15, 0.2) is 34.2 Å². The van der Waals surface area contributed by atoms with Crippen LogP contribution in [0, 0.1) is 0 Å². The first-order chi connectivity index (χ1) is 10.2. The highest BCUT2D eigenvalue weighted by Crippen LogP contribution is 2.16. The normalized spacial score (nSPS) is 10.8. The van der Waals surface area contributed by atoms with Crippen molar-refractivity contribution in [2.24, 2.45) is 0 Å². The molecule has 2 N–H and O–H groups in total. The fourth-order valence-corrected chi connectivity index (χ4v) is 2.35. The zero-order chi connectivity index (χ0) is 15.1. The standard InChI is InChI=1S/C13H18BrN5O2/c14-12-11(9-17-19(7-8-20)13(12)21)16-3-1-2-5-18-6-4-15-10-18/h4,6,9-10,16,20H,1-3,5,7-8H2. The van der Waals surface area contributed by atoms with Gasteiger partial charge in [-0.05, 0) is 28.8 Å². The van der Waals surface area contributed by atoms with Crippen LogP contribution in [0.3, 0.4) is 0 Å². The maximum atomic E-state index is 11.9. The van der Waals surface area contributed by atoms with Gasteiger partial charge in [-0.1, -0.05) is 0 Å². The Labute approximate surface area is 130 Å². The molecule has 0 fully saturated rings. The summed E-state index contributed by atoms with van der Waals surface area (Å²) in [6, 6.07) is 0. The second kappa shape index (κ2) is 7.94.